The van der Waals surface area contributed by atoms with Crippen molar-refractivity contribution in [2.45, 2.75) is 27.7 Å². The first-order chi connectivity index (χ1) is 16.1. The van der Waals surface area contributed by atoms with Gasteiger partial charge in [0.25, 0.3) is 11.8 Å². The Morgan fingerprint density at radius 1 is 0.794 bits per heavy atom. The Morgan fingerprint density at radius 3 is 1.88 bits per heavy atom. The molecular weight excluding hydrogens is 452 g/mol. The monoisotopic (exact) mass is 474 g/mol. The van der Waals surface area contributed by atoms with E-state index >= 15 is 0 Å². The number of esters is 1. The summed E-state index contributed by atoms with van der Waals surface area (Å²) in [7, 11) is 0. The summed E-state index contributed by atoms with van der Waals surface area (Å²) in [5.74, 6) is -1.16. The van der Waals surface area contributed by atoms with Gasteiger partial charge in [-0.2, -0.15) is 0 Å². The average Bonchev–Trinajstić information content (AvgIpc) is 2.96. The highest BCUT2D eigenvalue weighted by atomic mass is 35.5. The number of hydrogen-bond donors (Lipinski definition) is 1. The van der Waals surface area contributed by atoms with Crippen LogP contribution in [0.2, 0.25) is 0 Å². The van der Waals surface area contributed by atoms with Gasteiger partial charge in [0, 0.05) is 5.69 Å². The molecule has 1 N–H and O–H groups in total. The lowest BCUT2D eigenvalue weighted by Gasteiger charge is -2.16. The molecule has 1 aliphatic heterocycles. The van der Waals surface area contributed by atoms with E-state index in [0.717, 1.165) is 27.2 Å². The number of anilines is 2. The van der Waals surface area contributed by atoms with Crippen LogP contribution in [-0.2, 0) is 9.59 Å². The molecule has 0 atom stereocenters. The molecule has 0 aliphatic carbocycles. The van der Waals surface area contributed by atoms with E-state index < -0.39 is 17.8 Å². The lowest BCUT2D eigenvalue weighted by Crippen LogP contribution is -2.32. The van der Waals surface area contributed by atoms with Gasteiger partial charge in [-0.3, -0.25) is 9.59 Å². The number of carbonyl (C=O) groups is 3. The van der Waals surface area contributed by atoms with E-state index in [0.29, 0.717) is 22.7 Å². The predicted octanol–water partition coefficient (Wildman–Crippen LogP) is 5.58. The normalized spacial score (nSPS) is 13.5. The van der Waals surface area contributed by atoms with Crippen molar-refractivity contribution in [3.8, 4) is 5.75 Å². The molecule has 4 rings (SSSR count). The molecular formula is C27H23ClN2O4. The van der Waals surface area contributed by atoms with Crippen LogP contribution in [0.4, 0.5) is 11.4 Å². The molecule has 34 heavy (non-hydrogen) atoms. The first-order valence-corrected chi connectivity index (χ1v) is 11.0. The molecule has 7 heteroatoms. The van der Waals surface area contributed by atoms with E-state index in [2.05, 4.69) is 5.32 Å². The zero-order valence-electron chi connectivity index (χ0n) is 19.2. The summed E-state index contributed by atoms with van der Waals surface area (Å²) in [6.07, 6.45) is 0. The Balaban J connectivity index is 1.50. The average molecular weight is 475 g/mol. The number of ether oxygens (including phenoxy) is 1. The maximum atomic E-state index is 13.0. The fourth-order valence-electron chi connectivity index (χ4n) is 3.92. The zero-order chi connectivity index (χ0) is 24.6. The molecule has 1 heterocycles. The molecule has 1 aliphatic rings. The van der Waals surface area contributed by atoms with E-state index in [-0.39, 0.29) is 10.7 Å². The molecule has 0 fully saturated rings. The molecule has 0 spiro atoms. The summed E-state index contributed by atoms with van der Waals surface area (Å²) in [5, 5.41) is 2.72. The number of halogens is 1. The summed E-state index contributed by atoms with van der Waals surface area (Å²) in [6, 6.07) is 17.4. The van der Waals surface area contributed by atoms with Crippen molar-refractivity contribution >= 4 is 40.8 Å². The van der Waals surface area contributed by atoms with E-state index in [1.54, 1.807) is 48.5 Å². The molecule has 172 valence electrons. The molecule has 0 aromatic heterocycles. The number of amides is 2. The summed E-state index contributed by atoms with van der Waals surface area (Å²) >= 11 is 6.23. The summed E-state index contributed by atoms with van der Waals surface area (Å²) < 4.78 is 5.47. The lowest BCUT2D eigenvalue weighted by atomic mass is 10.1. The molecule has 0 unspecified atom stereocenters. The quantitative estimate of drug-likeness (QED) is 0.297. The zero-order valence-corrected chi connectivity index (χ0v) is 20.0. The third kappa shape index (κ3) is 4.72. The van der Waals surface area contributed by atoms with Gasteiger partial charge in [-0.05, 0) is 98.5 Å². The van der Waals surface area contributed by atoms with Crippen molar-refractivity contribution in [1.82, 2.24) is 0 Å². The Morgan fingerprint density at radius 2 is 1.32 bits per heavy atom. The van der Waals surface area contributed by atoms with Crippen LogP contribution >= 0.6 is 11.6 Å². The van der Waals surface area contributed by atoms with Crippen molar-refractivity contribution in [3.05, 3.63) is 99.2 Å². The van der Waals surface area contributed by atoms with Crippen LogP contribution in [-0.4, -0.2) is 17.8 Å². The van der Waals surface area contributed by atoms with E-state index in [1.807, 2.05) is 39.8 Å². The molecule has 3 aromatic carbocycles. The minimum Gasteiger partial charge on any atom is -0.423 e. The van der Waals surface area contributed by atoms with Gasteiger partial charge in [0.1, 0.15) is 16.5 Å². The van der Waals surface area contributed by atoms with Crippen LogP contribution < -0.4 is 15.0 Å². The molecule has 6 nitrogen and oxygen atoms in total. The predicted molar refractivity (Wildman–Crippen MR) is 132 cm³/mol. The Bertz CT molecular complexity index is 1320. The SMILES string of the molecule is Cc1cc(C)cc(OC(=O)c2ccc(NC3=C(Cl)C(=O)N(c4cc(C)cc(C)c4)C3=O)cc2)c1. The number of aryl methyl sites for hydroxylation is 4. The lowest BCUT2D eigenvalue weighted by molar-refractivity contribution is -0.120. The van der Waals surface area contributed by atoms with Crippen molar-refractivity contribution in [2.24, 2.45) is 0 Å². The van der Waals surface area contributed by atoms with Crippen LogP contribution in [0, 0.1) is 27.7 Å². The fourth-order valence-corrected chi connectivity index (χ4v) is 4.13. The highest BCUT2D eigenvalue weighted by Gasteiger charge is 2.39. The van der Waals surface area contributed by atoms with E-state index in [4.69, 9.17) is 16.3 Å². The van der Waals surface area contributed by atoms with E-state index in [1.165, 1.54) is 0 Å². The van der Waals surface area contributed by atoms with Gasteiger partial charge in [-0.1, -0.05) is 23.7 Å². The van der Waals surface area contributed by atoms with Crippen LogP contribution in [0.15, 0.2) is 71.4 Å². The molecule has 3 aromatic rings. The Labute approximate surface area is 202 Å². The molecule has 2 amide bonds. The standard InChI is InChI=1S/C27H23ClN2O4/c1-15-9-16(2)12-21(11-15)30-25(31)23(28)24(26(30)32)29-20-7-5-19(6-8-20)27(33)34-22-13-17(3)10-18(4)14-22/h5-14,29H,1-4H3. The number of benzene rings is 3. The van der Waals surface area contributed by atoms with Crippen molar-refractivity contribution in [2.75, 3.05) is 10.2 Å². The van der Waals surface area contributed by atoms with Crippen LogP contribution in [0.5, 0.6) is 5.75 Å². The number of nitrogens with one attached hydrogen (secondary N) is 1. The highest BCUT2D eigenvalue weighted by molar-refractivity contribution is 6.53. The fraction of sp³-hybridized carbons (Fsp3) is 0.148. The first-order valence-electron chi connectivity index (χ1n) is 10.7. The van der Waals surface area contributed by atoms with Crippen LogP contribution in [0.1, 0.15) is 32.6 Å². The second-order valence-corrected chi connectivity index (χ2v) is 8.77. The number of rotatable bonds is 5. The Hall–Kier alpha value is -3.90. The third-order valence-electron chi connectivity index (χ3n) is 5.29. The summed E-state index contributed by atoms with van der Waals surface area (Å²) in [6.45, 7) is 7.65. The number of imide groups is 1. The second kappa shape index (κ2) is 9.15. The number of nitrogens with zero attached hydrogens (tertiary/aromatic N) is 1. The van der Waals surface area contributed by atoms with Gasteiger partial charge in [-0.15, -0.1) is 0 Å². The van der Waals surface area contributed by atoms with Crippen molar-refractivity contribution < 1.29 is 19.1 Å². The first kappa shape index (κ1) is 23.3. The van der Waals surface area contributed by atoms with Gasteiger partial charge >= 0.3 is 5.97 Å². The molecule has 0 radical (unpaired) electrons. The smallest absolute Gasteiger partial charge is 0.343 e. The summed E-state index contributed by atoms with van der Waals surface area (Å²) in [5.41, 5.74) is 5.14. The third-order valence-corrected chi connectivity index (χ3v) is 5.64. The maximum Gasteiger partial charge on any atom is 0.343 e. The second-order valence-electron chi connectivity index (χ2n) is 8.40. The van der Waals surface area contributed by atoms with Gasteiger partial charge in [0.15, 0.2) is 0 Å². The largest absolute Gasteiger partial charge is 0.423 e. The minimum absolute atomic E-state index is 0.0172. The molecule has 0 bridgehead atoms. The highest BCUT2D eigenvalue weighted by Crippen LogP contribution is 2.31. The van der Waals surface area contributed by atoms with Crippen LogP contribution in [0.25, 0.3) is 0 Å². The molecule has 0 saturated carbocycles. The number of carbonyl (C=O) groups excluding carboxylic acids is 3. The van der Waals surface area contributed by atoms with Crippen molar-refractivity contribution in [3.63, 3.8) is 0 Å². The van der Waals surface area contributed by atoms with Crippen molar-refractivity contribution in [1.29, 1.82) is 0 Å². The Kier molecular flexibility index (Phi) is 6.26. The summed E-state index contributed by atoms with van der Waals surface area (Å²) in [4.78, 5) is 39.3. The van der Waals surface area contributed by atoms with Gasteiger partial charge in [-0.25, -0.2) is 9.69 Å². The van der Waals surface area contributed by atoms with Gasteiger partial charge in [0.05, 0.1) is 11.3 Å². The number of hydrogen-bond acceptors (Lipinski definition) is 5. The van der Waals surface area contributed by atoms with E-state index in [9.17, 15) is 14.4 Å². The van der Waals surface area contributed by atoms with Gasteiger partial charge in [0.2, 0.25) is 0 Å². The maximum absolute atomic E-state index is 13.0. The topological polar surface area (TPSA) is 75.7 Å². The van der Waals surface area contributed by atoms with Gasteiger partial charge < -0.3 is 10.1 Å². The van der Waals surface area contributed by atoms with Crippen LogP contribution in [0.3, 0.4) is 0 Å². The minimum atomic E-state index is -0.590. The molecule has 0 saturated heterocycles.